The molecule has 0 heterocycles. The molecule has 2 aromatic rings. The lowest BCUT2D eigenvalue weighted by atomic mass is 9.92. The molecule has 0 amide bonds. The highest BCUT2D eigenvalue weighted by Gasteiger charge is 2.22. The van der Waals surface area contributed by atoms with Gasteiger partial charge in [0.15, 0.2) is 5.78 Å². The van der Waals surface area contributed by atoms with Crippen molar-refractivity contribution in [2.75, 3.05) is 7.11 Å². The van der Waals surface area contributed by atoms with Gasteiger partial charge in [-0.3, -0.25) is 4.79 Å². The molecule has 1 atom stereocenters. The Labute approximate surface area is 125 Å². The molecule has 0 aliphatic carbocycles. The Bertz CT molecular complexity index is 676. The second kappa shape index (κ2) is 6.36. The van der Waals surface area contributed by atoms with Gasteiger partial charge < -0.3 is 4.74 Å². The molecule has 2 aromatic carbocycles. The van der Waals surface area contributed by atoms with Crippen LogP contribution >= 0.6 is 15.9 Å². The van der Waals surface area contributed by atoms with Gasteiger partial charge in [-0.15, -0.1) is 0 Å². The highest BCUT2D eigenvalue weighted by atomic mass is 79.9. The summed E-state index contributed by atoms with van der Waals surface area (Å²) in [6, 6.07) is 16.1. The minimum Gasteiger partial charge on any atom is -0.497 e. The number of hydrogen-bond acceptors (Lipinski definition) is 3. The fourth-order valence-electron chi connectivity index (χ4n) is 1.91. The van der Waals surface area contributed by atoms with Gasteiger partial charge >= 0.3 is 0 Å². The quantitative estimate of drug-likeness (QED) is 0.798. The number of nitriles is 1. The van der Waals surface area contributed by atoms with Crippen molar-refractivity contribution in [3.63, 3.8) is 0 Å². The minimum absolute atomic E-state index is 0.232. The molecule has 0 saturated heterocycles. The Morgan fingerprint density at radius 1 is 1.25 bits per heavy atom. The first kappa shape index (κ1) is 14.3. The van der Waals surface area contributed by atoms with Crippen LogP contribution in [0.15, 0.2) is 53.0 Å². The molecule has 100 valence electrons. The highest BCUT2D eigenvalue weighted by Crippen LogP contribution is 2.24. The third-order valence-corrected chi connectivity index (χ3v) is 3.42. The monoisotopic (exact) mass is 329 g/mol. The SMILES string of the molecule is COc1cccc(C(=O)C(C#N)c2cccc(Br)c2)c1. The van der Waals surface area contributed by atoms with E-state index in [1.165, 1.54) is 0 Å². The summed E-state index contributed by atoms with van der Waals surface area (Å²) in [7, 11) is 1.54. The zero-order valence-corrected chi connectivity index (χ0v) is 12.4. The van der Waals surface area contributed by atoms with Crippen LogP contribution in [0, 0.1) is 11.3 Å². The van der Waals surface area contributed by atoms with E-state index in [2.05, 4.69) is 22.0 Å². The predicted molar refractivity (Wildman–Crippen MR) is 79.8 cm³/mol. The number of Topliss-reactive ketones (excluding diaryl/α,β-unsaturated/α-hetero) is 1. The van der Waals surface area contributed by atoms with Crippen molar-refractivity contribution in [2.24, 2.45) is 0 Å². The molecule has 3 nitrogen and oxygen atoms in total. The lowest BCUT2D eigenvalue weighted by Gasteiger charge is -2.10. The van der Waals surface area contributed by atoms with Crippen molar-refractivity contribution in [3.8, 4) is 11.8 Å². The van der Waals surface area contributed by atoms with Gasteiger partial charge in [0.1, 0.15) is 11.7 Å². The molecule has 0 saturated carbocycles. The van der Waals surface area contributed by atoms with E-state index in [4.69, 9.17) is 4.74 Å². The number of hydrogen-bond donors (Lipinski definition) is 0. The van der Waals surface area contributed by atoms with Crippen molar-refractivity contribution in [3.05, 3.63) is 64.1 Å². The summed E-state index contributed by atoms with van der Waals surface area (Å²) >= 11 is 3.35. The molecule has 4 heteroatoms. The molecule has 20 heavy (non-hydrogen) atoms. The van der Waals surface area contributed by atoms with E-state index in [0.717, 1.165) is 4.47 Å². The maximum atomic E-state index is 12.5. The van der Waals surface area contributed by atoms with E-state index < -0.39 is 5.92 Å². The summed E-state index contributed by atoms with van der Waals surface area (Å²) in [6.45, 7) is 0. The number of benzene rings is 2. The minimum atomic E-state index is -0.820. The van der Waals surface area contributed by atoms with Gasteiger partial charge in [-0.05, 0) is 29.8 Å². The van der Waals surface area contributed by atoms with Gasteiger partial charge in [-0.2, -0.15) is 5.26 Å². The standard InChI is InChI=1S/C16H12BrNO2/c1-20-14-7-3-5-12(9-14)16(19)15(10-18)11-4-2-6-13(17)8-11/h2-9,15H,1H3. The number of ether oxygens (including phenoxy) is 1. The Kier molecular flexibility index (Phi) is 4.54. The van der Waals surface area contributed by atoms with Crippen molar-refractivity contribution in [1.82, 2.24) is 0 Å². The zero-order chi connectivity index (χ0) is 14.5. The number of nitrogens with zero attached hydrogens (tertiary/aromatic N) is 1. The molecule has 0 aromatic heterocycles. The molecular weight excluding hydrogens is 318 g/mol. The first-order chi connectivity index (χ1) is 9.65. The van der Waals surface area contributed by atoms with E-state index in [9.17, 15) is 10.1 Å². The van der Waals surface area contributed by atoms with Crippen molar-refractivity contribution in [1.29, 1.82) is 5.26 Å². The number of carbonyl (C=O) groups excluding carboxylic acids is 1. The maximum absolute atomic E-state index is 12.5. The van der Waals surface area contributed by atoms with Crippen LogP contribution in [0.1, 0.15) is 21.8 Å². The average Bonchev–Trinajstić information content (AvgIpc) is 2.48. The van der Waals surface area contributed by atoms with E-state index in [0.29, 0.717) is 16.9 Å². The van der Waals surface area contributed by atoms with E-state index in [1.807, 2.05) is 12.1 Å². The van der Waals surface area contributed by atoms with Crippen LogP contribution < -0.4 is 4.74 Å². The molecule has 0 N–H and O–H groups in total. The zero-order valence-electron chi connectivity index (χ0n) is 10.8. The first-order valence-electron chi connectivity index (χ1n) is 5.99. The molecule has 0 radical (unpaired) electrons. The summed E-state index contributed by atoms with van der Waals surface area (Å²) in [6.07, 6.45) is 0. The Morgan fingerprint density at radius 2 is 2.00 bits per heavy atom. The normalized spacial score (nSPS) is 11.4. The second-order valence-electron chi connectivity index (χ2n) is 4.21. The second-order valence-corrected chi connectivity index (χ2v) is 5.13. The predicted octanol–water partition coefficient (Wildman–Crippen LogP) is 3.95. The van der Waals surface area contributed by atoms with Crippen LogP contribution in [0.5, 0.6) is 5.75 Å². The van der Waals surface area contributed by atoms with E-state index >= 15 is 0 Å². The van der Waals surface area contributed by atoms with Gasteiger partial charge in [0.05, 0.1) is 13.2 Å². The third kappa shape index (κ3) is 3.06. The fraction of sp³-hybridized carbons (Fsp3) is 0.125. The Morgan fingerprint density at radius 3 is 2.65 bits per heavy atom. The van der Waals surface area contributed by atoms with Crippen molar-refractivity contribution >= 4 is 21.7 Å². The van der Waals surface area contributed by atoms with Crippen LogP contribution in [-0.2, 0) is 0 Å². The van der Waals surface area contributed by atoms with Crippen molar-refractivity contribution in [2.45, 2.75) is 5.92 Å². The van der Waals surface area contributed by atoms with Gasteiger partial charge in [-0.1, -0.05) is 40.2 Å². The highest BCUT2D eigenvalue weighted by molar-refractivity contribution is 9.10. The van der Waals surface area contributed by atoms with Crippen LogP contribution in [0.3, 0.4) is 0 Å². The molecule has 0 aliphatic rings. The van der Waals surface area contributed by atoms with Gasteiger partial charge in [0.2, 0.25) is 0 Å². The average molecular weight is 330 g/mol. The molecule has 1 unspecified atom stereocenters. The van der Waals surface area contributed by atoms with Gasteiger partial charge in [0, 0.05) is 10.0 Å². The van der Waals surface area contributed by atoms with Crippen LogP contribution in [0.2, 0.25) is 0 Å². The number of ketones is 1. The molecule has 0 spiro atoms. The first-order valence-corrected chi connectivity index (χ1v) is 6.78. The molecule has 2 rings (SSSR count). The molecule has 0 aliphatic heterocycles. The molecular formula is C16H12BrNO2. The number of rotatable bonds is 4. The summed E-state index contributed by atoms with van der Waals surface area (Å²) in [4.78, 5) is 12.5. The van der Waals surface area contributed by atoms with Crippen LogP contribution in [0.25, 0.3) is 0 Å². The van der Waals surface area contributed by atoms with Crippen LogP contribution in [-0.4, -0.2) is 12.9 Å². The molecule has 0 fully saturated rings. The largest absolute Gasteiger partial charge is 0.497 e. The Balaban J connectivity index is 2.37. The fourth-order valence-corrected chi connectivity index (χ4v) is 2.33. The Hall–Kier alpha value is -2.12. The maximum Gasteiger partial charge on any atom is 0.184 e. The van der Waals surface area contributed by atoms with Crippen molar-refractivity contribution < 1.29 is 9.53 Å². The van der Waals surface area contributed by atoms with E-state index in [-0.39, 0.29) is 5.78 Å². The molecule has 0 bridgehead atoms. The summed E-state index contributed by atoms with van der Waals surface area (Å²) in [5, 5.41) is 9.31. The smallest absolute Gasteiger partial charge is 0.184 e. The van der Waals surface area contributed by atoms with Crippen LogP contribution in [0.4, 0.5) is 0 Å². The van der Waals surface area contributed by atoms with E-state index in [1.54, 1.807) is 43.5 Å². The lowest BCUT2D eigenvalue weighted by molar-refractivity contribution is 0.0978. The summed E-state index contributed by atoms with van der Waals surface area (Å²) in [5.74, 6) is -0.453. The third-order valence-electron chi connectivity index (χ3n) is 2.93. The van der Waals surface area contributed by atoms with Gasteiger partial charge in [0.25, 0.3) is 0 Å². The summed E-state index contributed by atoms with van der Waals surface area (Å²) < 4.78 is 5.94. The topological polar surface area (TPSA) is 50.1 Å². The van der Waals surface area contributed by atoms with Gasteiger partial charge in [-0.25, -0.2) is 0 Å². The number of halogens is 1. The number of methoxy groups -OCH3 is 1. The lowest BCUT2D eigenvalue weighted by Crippen LogP contribution is -2.11. The number of carbonyl (C=O) groups is 1. The summed E-state index contributed by atoms with van der Waals surface area (Å²) in [5.41, 5.74) is 1.14.